The molecule has 19 heavy (non-hydrogen) atoms. The van der Waals surface area contributed by atoms with Crippen LogP contribution in [0.3, 0.4) is 0 Å². The van der Waals surface area contributed by atoms with Crippen LogP contribution in [-0.4, -0.2) is 20.9 Å². The van der Waals surface area contributed by atoms with Crippen LogP contribution in [0.25, 0.3) is 11.4 Å². The van der Waals surface area contributed by atoms with Crippen LogP contribution >= 0.6 is 0 Å². The number of fused-ring (bicyclic) bond motifs is 1. The van der Waals surface area contributed by atoms with E-state index in [9.17, 15) is 5.21 Å². The summed E-state index contributed by atoms with van der Waals surface area (Å²) in [6.45, 7) is 4.34. The van der Waals surface area contributed by atoms with Crippen molar-refractivity contribution in [3.63, 3.8) is 0 Å². The molecule has 2 aromatic rings. The van der Waals surface area contributed by atoms with Gasteiger partial charge in [0.1, 0.15) is 17.2 Å². The Morgan fingerprint density at radius 2 is 1.95 bits per heavy atom. The molecular formula is C15H17N3O. The number of rotatable bonds is 1. The normalized spacial score (nSPS) is 19.4. The number of hydrogen-bond donors (Lipinski definition) is 2. The zero-order chi connectivity index (χ0) is 13.5. The Morgan fingerprint density at radius 1 is 1.21 bits per heavy atom. The summed E-state index contributed by atoms with van der Waals surface area (Å²) in [6.07, 6.45) is 1.66. The molecule has 0 aliphatic heterocycles. The summed E-state index contributed by atoms with van der Waals surface area (Å²) in [5.74, 6) is 0.837. The third-order valence-corrected chi connectivity index (χ3v) is 3.52. The number of imidazole rings is 1. The molecule has 1 aliphatic carbocycles. The number of benzene rings is 1. The van der Waals surface area contributed by atoms with E-state index in [-0.39, 0.29) is 5.41 Å². The van der Waals surface area contributed by atoms with Gasteiger partial charge in [-0.25, -0.2) is 4.98 Å². The first-order chi connectivity index (χ1) is 9.09. The van der Waals surface area contributed by atoms with E-state index in [0.29, 0.717) is 5.71 Å². The van der Waals surface area contributed by atoms with Crippen molar-refractivity contribution < 1.29 is 5.21 Å². The molecule has 3 rings (SSSR count). The van der Waals surface area contributed by atoms with Crippen LogP contribution in [0.4, 0.5) is 0 Å². The van der Waals surface area contributed by atoms with E-state index in [4.69, 9.17) is 0 Å². The van der Waals surface area contributed by atoms with Crippen LogP contribution in [0.2, 0.25) is 0 Å². The molecule has 0 saturated heterocycles. The monoisotopic (exact) mass is 255 g/mol. The fraction of sp³-hybridized carbons (Fsp3) is 0.333. The second kappa shape index (κ2) is 4.23. The van der Waals surface area contributed by atoms with Gasteiger partial charge in [0.25, 0.3) is 0 Å². The molecule has 1 heterocycles. The first kappa shape index (κ1) is 12.0. The van der Waals surface area contributed by atoms with Gasteiger partial charge in [-0.3, -0.25) is 0 Å². The summed E-state index contributed by atoms with van der Waals surface area (Å²) < 4.78 is 0. The molecule has 0 spiro atoms. The Labute approximate surface area is 112 Å². The highest BCUT2D eigenvalue weighted by Gasteiger charge is 2.32. The molecule has 0 radical (unpaired) electrons. The fourth-order valence-electron chi connectivity index (χ4n) is 2.67. The molecule has 98 valence electrons. The van der Waals surface area contributed by atoms with Gasteiger partial charge in [-0.15, -0.1) is 0 Å². The summed E-state index contributed by atoms with van der Waals surface area (Å²) in [6, 6.07) is 10.00. The second-order valence-electron chi connectivity index (χ2n) is 5.84. The van der Waals surface area contributed by atoms with Gasteiger partial charge in [-0.2, -0.15) is 0 Å². The predicted molar refractivity (Wildman–Crippen MR) is 74.4 cm³/mol. The molecule has 0 saturated carbocycles. The van der Waals surface area contributed by atoms with Crippen LogP contribution in [0, 0.1) is 5.41 Å². The summed E-state index contributed by atoms with van der Waals surface area (Å²) >= 11 is 0. The van der Waals surface area contributed by atoms with Crippen molar-refractivity contribution >= 4 is 5.71 Å². The highest BCUT2D eigenvalue weighted by molar-refractivity contribution is 6.01. The van der Waals surface area contributed by atoms with E-state index in [2.05, 4.69) is 29.0 Å². The molecule has 0 atom stereocenters. The van der Waals surface area contributed by atoms with Gasteiger partial charge in [-0.1, -0.05) is 49.3 Å². The Hall–Kier alpha value is -2.10. The standard InChI is InChI=1S/C15H17N3O/c1-15(2)8-11-13(12(9-15)18-19)17-14(16-11)10-6-4-3-5-7-10/h3-7,19H,8-9H2,1-2H3,(H,16,17). The topological polar surface area (TPSA) is 61.3 Å². The van der Waals surface area contributed by atoms with Crippen molar-refractivity contribution in [2.45, 2.75) is 26.7 Å². The minimum Gasteiger partial charge on any atom is -0.411 e. The van der Waals surface area contributed by atoms with Crippen molar-refractivity contribution in [2.75, 3.05) is 0 Å². The van der Waals surface area contributed by atoms with Crippen molar-refractivity contribution in [1.29, 1.82) is 0 Å². The van der Waals surface area contributed by atoms with Gasteiger partial charge in [0.15, 0.2) is 0 Å². The average molecular weight is 255 g/mol. The van der Waals surface area contributed by atoms with Crippen LogP contribution in [-0.2, 0) is 6.42 Å². The molecule has 0 bridgehead atoms. The van der Waals surface area contributed by atoms with Gasteiger partial charge in [0, 0.05) is 17.7 Å². The lowest BCUT2D eigenvalue weighted by Crippen LogP contribution is -2.27. The third-order valence-electron chi connectivity index (χ3n) is 3.52. The van der Waals surface area contributed by atoms with Gasteiger partial charge in [0.2, 0.25) is 0 Å². The maximum atomic E-state index is 9.18. The van der Waals surface area contributed by atoms with E-state index < -0.39 is 0 Å². The number of oxime groups is 1. The van der Waals surface area contributed by atoms with E-state index in [1.54, 1.807) is 0 Å². The Balaban J connectivity index is 2.09. The first-order valence-electron chi connectivity index (χ1n) is 6.45. The van der Waals surface area contributed by atoms with Crippen molar-refractivity contribution in [1.82, 2.24) is 9.97 Å². The van der Waals surface area contributed by atoms with Crippen molar-refractivity contribution in [2.24, 2.45) is 10.6 Å². The van der Waals surface area contributed by atoms with Gasteiger partial charge >= 0.3 is 0 Å². The lowest BCUT2D eigenvalue weighted by atomic mass is 9.77. The lowest BCUT2D eigenvalue weighted by molar-refractivity contribution is 0.305. The van der Waals surface area contributed by atoms with Gasteiger partial charge in [-0.05, 0) is 11.8 Å². The zero-order valence-corrected chi connectivity index (χ0v) is 11.1. The van der Waals surface area contributed by atoms with E-state index in [0.717, 1.165) is 35.6 Å². The summed E-state index contributed by atoms with van der Waals surface area (Å²) in [7, 11) is 0. The van der Waals surface area contributed by atoms with Crippen LogP contribution in [0.5, 0.6) is 0 Å². The molecule has 2 N–H and O–H groups in total. The lowest BCUT2D eigenvalue weighted by Gasteiger charge is -2.28. The molecule has 1 aliphatic rings. The van der Waals surface area contributed by atoms with E-state index in [1.165, 1.54) is 0 Å². The maximum Gasteiger partial charge on any atom is 0.138 e. The minimum atomic E-state index is 0.0923. The Morgan fingerprint density at radius 3 is 2.63 bits per heavy atom. The van der Waals surface area contributed by atoms with Crippen molar-refractivity contribution in [3.05, 3.63) is 41.7 Å². The SMILES string of the molecule is CC1(C)CC(=NO)c2nc(-c3ccccc3)[nH]c2C1. The van der Waals surface area contributed by atoms with Crippen LogP contribution in [0.1, 0.15) is 31.7 Å². The quantitative estimate of drug-likeness (QED) is 0.607. The smallest absolute Gasteiger partial charge is 0.138 e. The van der Waals surface area contributed by atoms with Crippen molar-refractivity contribution in [3.8, 4) is 11.4 Å². The van der Waals surface area contributed by atoms with Crippen LogP contribution in [0.15, 0.2) is 35.5 Å². The molecule has 1 aromatic heterocycles. The summed E-state index contributed by atoms with van der Waals surface area (Å²) in [5, 5.41) is 12.6. The van der Waals surface area contributed by atoms with Crippen LogP contribution < -0.4 is 0 Å². The fourth-order valence-corrected chi connectivity index (χ4v) is 2.67. The number of nitrogens with zero attached hydrogens (tertiary/aromatic N) is 2. The summed E-state index contributed by atoms with van der Waals surface area (Å²) in [4.78, 5) is 7.96. The van der Waals surface area contributed by atoms with Gasteiger partial charge in [0.05, 0.1) is 0 Å². The highest BCUT2D eigenvalue weighted by atomic mass is 16.4. The first-order valence-corrected chi connectivity index (χ1v) is 6.45. The number of nitrogens with one attached hydrogen (secondary N) is 1. The maximum absolute atomic E-state index is 9.18. The molecule has 4 heteroatoms. The molecule has 0 fully saturated rings. The minimum absolute atomic E-state index is 0.0923. The number of aromatic nitrogens is 2. The Bertz CT molecular complexity index is 626. The largest absolute Gasteiger partial charge is 0.411 e. The molecule has 4 nitrogen and oxygen atoms in total. The molecular weight excluding hydrogens is 238 g/mol. The van der Waals surface area contributed by atoms with E-state index >= 15 is 0 Å². The third kappa shape index (κ3) is 2.14. The molecule has 0 amide bonds. The Kier molecular flexibility index (Phi) is 2.66. The number of H-pyrrole nitrogens is 1. The number of hydrogen-bond acceptors (Lipinski definition) is 3. The molecule has 1 aromatic carbocycles. The zero-order valence-electron chi connectivity index (χ0n) is 11.1. The summed E-state index contributed by atoms with van der Waals surface area (Å²) in [5.41, 5.74) is 3.68. The average Bonchev–Trinajstić information content (AvgIpc) is 2.81. The molecule has 0 unspecified atom stereocenters. The second-order valence-corrected chi connectivity index (χ2v) is 5.84. The highest BCUT2D eigenvalue weighted by Crippen LogP contribution is 2.35. The van der Waals surface area contributed by atoms with E-state index in [1.807, 2.05) is 30.3 Å². The number of aromatic amines is 1. The predicted octanol–water partition coefficient (Wildman–Crippen LogP) is 3.23. The van der Waals surface area contributed by atoms with Gasteiger partial charge < -0.3 is 10.2 Å².